The molecule has 0 bridgehead atoms. The van der Waals surface area contributed by atoms with E-state index in [1.54, 1.807) is 0 Å². The summed E-state index contributed by atoms with van der Waals surface area (Å²) >= 11 is 0. The Morgan fingerprint density at radius 1 is 1.11 bits per heavy atom. The normalized spacial score (nSPS) is 22.5. The highest BCUT2D eigenvalue weighted by atomic mass is 14.9. The third-order valence-electron chi connectivity index (χ3n) is 6.03. The monoisotopic (exact) mass is 363 g/mol. The van der Waals surface area contributed by atoms with E-state index in [0.29, 0.717) is 5.41 Å². The van der Waals surface area contributed by atoms with Crippen molar-refractivity contribution in [1.29, 1.82) is 0 Å². The molecule has 2 aromatic carbocycles. The lowest BCUT2D eigenvalue weighted by Crippen LogP contribution is -2.26. The summed E-state index contributed by atoms with van der Waals surface area (Å²) in [6.07, 6.45) is 7.23. The molecule has 1 fully saturated rings. The van der Waals surface area contributed by atoms with Crippen molar-refractivity contribution in [3.05, 3.63) is 70.7 Å². The Hall–Kier alpha value is -1.97. The second-order valence-electron chi connectivity index (χ2n) is 7.70. The highest BCUT2D eigenvalue weighted by Crippen LogP contribution is 2.56. The molecular weight excluding hydrogens is 330 g/mol. The van der Waals surface area contributed by atoms with Gasteiger partial charge >= 0.3 is 0 Å². The molecule has 2 unspecified atom stereocenters. The van der Waals surface area contributed by atoms with Crippen molar-refractivity contribution in [2.75, 3.05) is 19.6 Å². The molecule has 1 aliphatic heterocycles. The number of fused-ring (bicyclic) bond motifs is 1. The summed E-state index contributed by atoms with van der Waals surface area (Å²) in [5.41, 5.74) is 7.69. The first-order valence-electron chi connectivity index (χ1n) is 10.3. The minimum absolute atomic E-state index is 0.568. The summed E-state index contributed by atoms with van der Waals surface area (Å²) in [5, 5.41) is 5.97. The summed E-state index contributed by atoms with van der Waals surface area (Å²) < 4.78 is 0. The molecule has 1 aliphatic carbocycles. The largest absolute Gasteiger partial charge is 0.330 e. The van der Waals surface area contributed by atoms with Crippen LogP contribution in [-0.4, -0.2) is 19.6 Å². The van der Waals surface area contributed by atoms with Gasteiger partial charge in [0.25, 0.3) is 0 Å². The zero-order chi connectivity index (χ0) is 19.0. The molecule has 3 nitrogen and oxygen atoms in total. The predicted molar refractivity (Wildman–Crippen MR) is 114 cm³/mol. The fourth-order valence-electron chi connectivity index (χ4n) is 4.06. The molecule has 1 saturated carbocycles. The minimum Gasteiger partial charge on any atom is -0.330 e. The summed E-state index contributed by atoms with van der Waals surface area (Å²) in [6.45, 7) is 6.21. The minimum atomic E-state index is 0.568. The van der Waals surface area contributed by atoms with E-state index in [1.165, 1.54) is 30.0 Å². The molecule has 0 saturated heterocycles. The van der Waals surface area contributed by atoms with Gasteiger partial charge in [-0.1, -0.05) is 68.0 Å². The first-order valence-corrected chi connectivity index (χ1v) is 10.3. The van der Waals surface area contributed by atoms with Crippen molar-refractivity contribution in [1.82, 2.24) is 5.32 Å². The standard InChI is InChI=1S/C15H24N2.C9H9N/c1-2-15(10-14(15)11-16)8-9-17-12-13-6-4-3-5-7-13;1-2-6-9-8(4-1)5-3-7-10-9/h3-7,14,17H,2,8-12,16H2,1H3;1-2,4-6H,3,7H2. The van der Waals surface area contributed by atoms with Crippen LogP contribution in [0.25, 0.3) is 6.08 Å². The van der Waals surface area contributed by atoms with Crippen LogP contribution < -0.4 is 21.6 Å². The lowest BCUT2D eigenvalue weighted by atomic mass is 9.96. The predicted octanol–water partition coefficient (Wildman–Crippen LogP) is 3.03. The molecule has 0 spiro atoms. The third kappa shape index (κ3) is 5.50. The molecule has 0 aromatic heterocycles. The molecule has 2 atom stereocenters. The van der Waals surface area contributed by atoms with Crippen LogP contribution in [0, 0.1) is 11.3 Å². The van der Waals surface area contributed by atoms with Gasteiger partial charge in [0.15, 0.2) is 0 Å². The molecule has 0 radical (unpaired) electrons. The van der Waals surface area contributed by atoms with Crippen LogP contribution in [-0.2, 0) is 6.54 Å². The average molecular weight is 364 g/mol. The molecule has 1 heterocycles. The van der Waals surface area contributed by atoms with E-state index in [1.807, 2.05) is 6.07 Å². The second-order valence-corrected chi connectivity index (χ2v) is 7.70. The zero-order valence-corrected chi connectivity index (χ0v) is 16.5. The lowest BCUT2D eigenvalue weighted by Gasteiger charge is -2.15. The molecule has 144 valence electrons. The van der Waals surface area contributed by atoms with Crippen LogP contribution in [0.1, 0.15) is 38.2 Å². The number of para-hydroxylation sites is 1. The fraction of sp³-hybridized carbons (Fsp3) is 0.458. The van der Waals surface area contributed by atoms with Gasteiger partial charge in [0, 0.05) is 13.1 Å². The van der Waals surface area contributed by atoms with E-state index in [2.05, 4.69) is 71.8 Å². The second kappa shape index (κ2) is 9.82. The van der Waals surface area contributed by atoms with E-state index in [9.17, 15) is 0 Å². The topological polar surface area (TPSA) is 50.4 Å². The smallest absolute Gasteiger partial charge is 0.0643 e. The third-order valence-corrected chi connectivity index (χ3v) is 6.03. The molecule has 4 rings (SSSR count). The Balaban J connectivity index is 0.000000177. The molecular formula is C24H33N3. The molecule has 0 amide bonds. The van der Waals surface area contributed by atoms with Gasteiger partial charge in [0.05, 0.1) is 5.36 Å². The van der Waals surface area contributed by atoms with Gasteiger partial charge in [-0.25, -0.2) is 0 Å². The summed E-state index contributed by atoms with van der Waals surface area (Å²) in [6, 6.07) is 18.8. The first-order chi connectivity index (χ1) is 13.3. The fourth-order valence-corrected chi connectivity index (χ4v) is 4.06. The Labute approximate surface area is 163 Å². The summed E-state index contributed by atoms with van der Waals surface area (Å²) in [7, 11) is 0. The van der Waals surface area contributed by atoms with E-state index in [0.717, 1.165) is 43.9 Å². The van der Waals surface area contributed by atoms with Crippen LogP contribution in [0.5, 0.6) is 0 Å². The molecule has 2 aromatic rings. The zero-order valence-electron chi connectivity index (χ0n) is 16.5. The maximum Gasteiger partial charge on any atom is 0.0643 e. The number of hydrogen-bond acceptors (Lipinski definition) is 3. The summed E-state index contributed by atoms with van der Waals surface area (Å²) in [5.74, 6) is 0.783. The number of nitrogens with two attached hydrogens (primary N) is 1. The Morgan fingerprint density at radius 2 is 1.89 bits per heavy atom. The lowest BCUT2D eigenvalue weighted by molar-refractivity contribution is 0.392. The van der Waals surface area contributed by atoms with E-state index >= 15 is 0 Å². The van der Waals surface area contributed by atoms with Gasteiger partial charge in [-0.3, -0.25) is 4.99 Å². The Bertz CT molecular complexity index is 780. The van der Waals surface area contributed by atoms with Gasteiger partial charge in [-0.05, 0) is 60.5 Å². The maximum atomic E-state index is 5.76. The Kier molecular flexibility index (Phi) is 7.19. The molecule has 3 heteroatoms. The van der Waals surface area contributed by atoms with E-state index < -0.39 is 0 Å². The number of nitrogens with zero attached hydrogens (tertiary/aromatic N) is 1. The van der Waals surface area contributed by atoms with Crippen LogP contribution in [0.15, 0.2) is 59.6 Å². The maximum absolute atomic E-state index is 5.76. The first kappa shape index (κ1) is 19.8. The van der Waals surface area contributed by atoms with Gasteiger partial charge in [-0.15, -0.1) is 0 Å². The Morgan fingerprint density at radius 3 is 2.59 bits per heavy atom. The molecule has 2 aliphatic rings. The van der Waals surface area contributed by atoms with Crippen LogP contribution >= 0.6 is 0 Å². The van der Waals surface area contributed by atoms with Gasteiger partial charge < -0.3 is 11.1 Å². The number of benzene rings is 2. The van der Waals surface area contributed by atoms with E-state index in [-0.39, 0.29) is 0 Å². The van der Waals surface area contributed by atoms with Gasteiger partial charge in [0.2, 0.25) is 0 Å². The van der Waals surface area contributed by atoms with Crippen LogP contribution in [0.3, 0.4) is 0 Å². The van der Waals surface area contributed by atoms with Crippen molar-refractivity contribution < 1.29 is 0 Å². The SMILES string of the molecule is C1=c2ccccc2=NCC1.CCC1(CCNCc2ccccc2)CC1CN. The molecule has 27 heavy (non-hydrogen) atoms. The highest BCUT2D eigenvalue weighted by molar-refractivity contribution is 5.25. The number of rotatable bonds is 7. The van der Waals surface area contributed by atoms with Gasteiger partial charge in [0.1, 0.15) is 0 Å². The van der Waals surface area contributed by atoms with Crippen molar-refractivity contribution in [2.45, 2.75) is 39.2 Å². The van der Waals surface area contributed by atoms with Crippen molar-refractivity contribution in [2.24, 2.45) is 22.1 Å². The number of nitrogens with one attached hydrogen (secondary N) is 1. The quantitative estimate of drug-likeness (QED) is 0.743. The molecule has 3 N–H and O–H groups in total. The van der Waals surface area contributed by atoms with E-state index in [4.69, 9.17) is 5.73 Å². The highest BCUT2D eigenvalue weighted by Gasteiger charge is 2.50. The van der Waals surface area contributed by atoms with Crippen molar-refractivity contribution in [3.8, 4) is 0 Å². The number of hydrogen-bond donors (Lipinski definition) is 2. The average Bonchev–Trinajstić information content (AvgIpc) is 3.46. The summed E-state index contributed by atoms with van der Waals surface area (Å²) in [4.78, 5) is 4.36. The van der Waals surface area contributed by atoms with Crippen LogP contribution in [0.4, 0.5) is 0 Å². The van der Waals surface area contributed by atoms with Crippen molar-refractivity contribution in [3.63, 3.8) is 0 Å². The van der Waals surface area contributed by atoms with Crippen LogP contribution in [0.2, 0.25) is 0 Å². The van der Waals surface area contributed by atoms with Crippen molar-refractivity contribution >= 4 is 6.08 Å². The van der Waals surface area contributed by atoms with Gasteiger partial charge in [-0.2, -0.15) is 0 Å².